The van der Waals surface area contributed by atoms with Crippen molar-refractivity contribution < 1.29 is 4.79 Å². The maximum atomic E-state index is 12.7. The lowest BCUT2D eigenvalue weighted by Gasteiger charge is -2.35. The third kappa shape index (κ3) is 4.99. The number of hydrogen-bond donors (Lipinski definition) is 0. The molecular weight excluding hydrogens is 344 g/mol. The number of benzene rings is 1. The molecule has 0 N–H and O–H groups in total. The van der Waals surface area contributed by atoms with Gasteiger partial charge in [-0.3, -0.25) is 9.69 Å². The van der Waals surface area contributed by atoms with E-state index in [9.17, 15) is 4.79 Å². The molecule has 3 rings (SSSR count). The molecular formula is C20H26N4OS. The molecule has 1 aliphatic heterocycles. The Hall–Kier alpha value is -2.05. The number of imidazole rings is 1. The Morgan fingerprint density at radius 1 is 1.23 bits per heavy atom. The molecule has 1 amide bonds. The molecule has 1 aliphatic rings. The van der Waals surface area contributed by atoms with Crippen molar-refractivity contribution in [2.45, 2.75) is 17.3 Å². The summed E-state index contributed by atoms with van der Waals surface area (Å²) in [4.78, 5) is 21.3. The smallest absolute Gasteiger partial charge is 0.235 e. The molecule has 1 atom stereocenters. The van der Waals surface area contributed by atoms with Gasteiger partial charge in [0.05, 0.1) is 5.25 Å². The van der Waals surface area contributed by atoms with Crippen molar-refractivity contribution in [2.24, 2.45) is 7.05 Å². The number of carbonyl (C=O) groups excluding carboxylic acids is 1. The number of piperazine rings is 1. The fraction of sp³-hybridized carbons (Fsp3) is 0.400. The second-order valence-corrected chi connectivity index (χ2v) is 7.83. The fourth-order valence-corrected chi connectivity index (χ4v) is 3.90. The highest BCUT2D eigenvalue weighted by molar-refractivity contribution is 8.00. The summed E-state index contributed by atoms with van der Waals surface area (Å²) in [5.74, 6) is 0.206. The van der Waals surface area contributed by atoms with Gasteiger partial charge in [0.1, 0.15) is 0 Å². The summed E-state index contributed by atoms with van der Waals surface area (Å²) in [6, 6.07) is 10.3. The lowest BCUT2D eigenvalue weighted by molar-refractivity contribution is -0.131. The van der Waals surface area contributed by atoms with Crippen LogP contribution in [0.25, 0.3) is 6.08 Å². The van der Waals surface area contributed by atoms with E-state index in [2.05, 4.69) is 34.2 Å². The van der Waals surface area contributed by atoms with Gasteiger partial charge in [0, 0.05) is 52.2 Å². The van der Waals surface area contributed by atoms with Crippen LogP contribution in [0.2, 0.25) is 0 Å². The maximum absolute atomic E-state index is 12.7. The molecule has 138 valence electrons. The van der Waals surface area contributed by atoms with Crippen LogP contribution in [0.3, 0.4) is 0 Å². The third-order valence-electron chi connectivity index (χ3n) is 4.56. The van der Waals surface area contributed by atoms with E-state index in [-0.39, 0.29) is 11.2 Å². The highest BCUT2D eigenvalue weighted by atomic mass is 32.2. The summed E-state index contributed by atoms with van der Waals surface area (Å²) in [6.07, 6.45) is 8.03. The van der Waals surface area contributed by atoms with Crippen molar-refractivity contribution in [1.82, 2.24) is 19.4 Å². The van der Waals surface area contributed by atoms with Crippen LogP contribution in [-0.2, 0) is 11.8 Å². The van der Waals surface area contributed by atoms with Crippen LogP contribution in [0.15, 0.2) is 54.0 Å². The summed E-state index contributed by atoms with van der Waals surface area (Å²) >= 11 is 1.53. The monoisotopic (exact) mass is 370 g/mol. The lowest BCUT2D eigenvalue weighted by Crippen LogP contribution is -2.50. The molecule has 1 aromatic carbocycles. The minimum atomic E-state index is -0.111. The zero-order valence-electron chi connectivity index (χ0n) is 15.4. The average molecular weight is 371 g/mol. The van der Waals surface area contributed by atoms with E-state index < -0.39 is 0 Å². The van der Waals surface area contributed by atoms with Gasteiger partial charge in [0.2, 0.25) is 5.91 Å². The first-order valence-corrected chi connectivity index (χ1v) is 9.88. The van der Waals surface area contributed by atoms with E-state index >= 15 is 0 Å². The quantitative estimate of drug-likeness (QED) is 0.733. The highest BCUT2D eigenvalue weighted by Crippen LogP contribution is 2.22. The first kappa shape index (κ1) is 18.7. The molecule has 26 heavy (non-hydrogen) atoms. The standard InChI is InChI=1S/C20H26N4OS/c1-17(26-20-21-10-12-22(20)2)19(25)24-15-13-23(14-16-24)11-6-9-18-7-4-3-5-8-18/h3-10,12,17H,11,13-16H2,1-2H3/b9-6+. The van der Waals surface area contributed by atoms with Crippen LogP contribution in [0.1, 0.15) is 12.5 Å². The van der Waals surface area contributed by atoms with Crippen LogP contribution < -0.4 is 0 Å². The van der Waals surface area contributed by atoms with Crippen molar-refractivity contribution in [1.29, 1.82) is 0 Å². The largest absolute Gasteiger partial charge is 0.339 e. The number of hydrogen-bond acceptors (Lipinski definition) is 4. The Kier molecular flexibility index (Phi) is 6.52. The Morgan fingerprint density at radius 3 is 2.62 bits per heavy atom. The van der Waals surface area contributed by atoms with Gasteiger partial charge in [-0.2, -0.15) is 0 Å². The second kappa shape index (κ2) is 9.05. The number of rotatable bonds is 6. The lowest BCUT2D eigenvalue weighted by atomic mass is 10.2. The maximum Gasteiger partial charge on any atom is 0.235 e. The first-order valence-electron chi connectivity index (χ1n) is 9.00. The van der Waals surface area contributed by atoms with E-state index in [1.54, 1.807) is 6.20 Å². The molecule has 5 nitrogen and oxygen atoms in total. The van der Waals surface area contributed by atoms with E-state index in [0.717, 1.165) is 37.9 Å². The average Bonchev–Trinajstić information content (AvgIpc) is 3.07. The summed E-state index contributed by atoms with van der Waals surface area (Å²) in [7, 11) is 1.95. The Labute approximate surface area is 159 Å². The number of amides is 1. The summed E-state index contributed by atoms with van der Waals surface area (Å²) in [6.45, 7) is 6.33. The molecule has 6 heteroatoms. The zero-order valence-corrected chi connectivity index (χ0v) is 16.2. The van der Waals surface area contributed by atoms with Crippen molar-refractivity contribution >= 4 is 23.7 Å². The van der Waals surface area contributed by atoms with Crippen LogP contribution in [0.5, 0.6) is 0 Å². The molecule has 2 aromatic rings. The SMILES string of the molecule is CC(Sc1nccn1C)C(=O)N1CCN(C/C=C/c2ccccc2)CC1. The van der Waals surface area contributed by atoms with Gasteiger partial charge in [0.15, 0.2) is 5.16 Å². The molecule has 0 spiro atoms. The number of nitrogens with zero attached hydrogens (tertiary/aromatic N) is 4. The van der Waals surface area contributed by atoms with Crippen LogP contribution in [0.4, 0.5) is 0 Å². The van der Waals surface area contributed by atoms with Gasteiger partial charge in [-0.15, -0.1) is 0 Å². The number of thioether (sulfide) groups is 1. The van der Waals surface area contributed by atoms with Crippen LogP contribution in [-0.4, -0.2) is 63.2 Å². The Bertz CT molecular complexity index is 735. The van der Waals surface area contributed by atoms with Crippen molar-refractivity contribution in [2.75, 3.05) is 32.7 Å². The van der Waals surface area contributed by atoms with Crippen molar-refractivity contribution in [3.8, 4) is 0 Å². The molecule has 1 fully saturated rings. The molecule has 1 unspecified atom stereocenters. The minimum absolute atomic E-state index is 0.111. The Morgan fingerprint density at radius 2 is 1.96 bits per heavy atom. The highest BCUT2D eigenvalue weighted by Gasteiger charge is 2.25. The molecule has 2 heterocycles. The van der Waals surface area contributed by atoms with Crippen LogP contribution in [0, 0.1) is 0 Å². The molecule has 0 bridgehead atoms. The first-order chi connectivity index (χ1) is 12.6. The van der Waals surface area contributed by atoms with Crippen molar-refractivity contribution in [3.05, 3.63) is 54.4 Å². The van der Waals surface area contributed by atoms with Gasteiger partial charge in [-0.1, -0.05) is 54.2 Å². The van der Waals surface area contributed by atoms with Gasteiger partial charge in [0.25, 0.3) is 0 Å². The van der Waals surface area contributed by atoms with E-state index in [0.29, 0.717) is 0 Å². The third-order valence-corrected chi connectivity index (χ3v) is 5.72. The number of aryl methyl sites for hydroxylation is 1. The second-order valence-electron chi connectivity index (χ2n) is 6.52. The summed E-state index contributed by atoms with van der Waals surface area (Å²) in [5.41, 5.74) is 1.22. The van der Waals surface area contributed by atoms with E-state index in [1.807, 2.05) is 47.8 Å². The molecule has 1 saturated heterocycles. The molecule has 0 aliphatic carbocycles. The van der Waals surface area contributed by atoms with E-state index in [1.165, 1.54) is 17.3 Å². The van der Waals surface area contributed by atoms with Crippen molar-refractivity contribution in [3.63, 3.8) is 0 Å². The molecule has 0 radical (unpaired) electrons. The van der Waals surface area contributed by atoms with Gasteiger partial charge >= 0.3 is 0 Å². The zero-order chi connectivity index (χ0) is 18.4. The molecule has 1 aromatic heterocycles. The topological polar surface area (TPSA) is 41.4 Å². The summed E-state index contributed by atoms with van der Waals surface area (Å²) in [5, 5.41) is 0.774. The Balaban J connectivity index is 1.43. The molecule has 0 saturated carbocycles. The predicted molar refractivity (Wildman–Crippen MR) is 107 cm³/mol. The van der Waals surface area contributed by atoms with E-state index in [4.69, 9.17) is 0 Å². The van der Waals surface area contributed by atoms with Gasteiger partial charge in [-0.05, 0) is 12.5 Å². The minimum Gasteiger partial charge on any atom is -0.339 e. The van der Waals surface area contributed by atoms with Gasteiger partial charge in [-0.25, -0.2) is 4.98 Å². The predicted octanol–water partition coefficient (Wildman–Crippen LogP) is 2.76. The number of carbonyl (C=O) groups is 1. The van der Waals surface area contributed by atoms with Gasteiger partial charge < -0.3 is 9.47 Å². The summed E-state index contributed by atoms with van der Waals surface area (Å²) < 4.78 is 1.95. The fourth-order valence-electron chi connectivity index (χ4n) is 2.98. The normalized spacial score (nSPS) is 16.9. The van der Waals surface area contributed by atoms with Crippen LogP contribution >= 0.6 is 11.8 Å². The number of aromatic nitrogens is 2.